The van der Waals surface area contributed by atoms with Crippen molar-refractivity contribution in [1.29, 1.82) is 0 Å². The minimum atomic E-state index is -0.167. The highest BCUT2D eigenvalue weighted by Crippen LogP contribution is 2.31. The third-order valence-electron chi connectivity index (χ3n) is 4.99. The van der Waals surface area contributed by atoms with Gasteiger partial charge in [0.1, 0.15) is 0 Å². The topological polar surface area (TPSA) is 49.6 Å². The van der Waals surface area contributed by atoms with Crippen LogP contribution in [0.2, 0.25) is 20.1 Å². The van der Waals surface area contributed by atoms with Crippen molar-refractivity contribution in [2.75, 3.05) is 26.2 Å². The van der Waals surface area contributed by atoms with E-state index in [1.165, 1.54) is 0 Å². The summed E-state index contributed by atoms with van der Waals surface area (Å²) in [6.07, 6.45) is 0. The van der Waals surface area contributed by atoms with E-state index in [0.717, 1.165) is 18.7 Å². The molecule has 156 valence electrons. The first kappa shape index (κ1) is 21.5. The zero-order valence-corrected chi connectivity index (χ0v) is 18.8. The molecule has 9 heteroatoms. The number of hydrogen-bond donors (Lipinski definition) is 0. The highest BCUT2D eigenvalue weighted by molar-refractivity contribution is 6.36. The molecule has 1 saturated heterocycles. The van der Waals surface area contributed by atoms with Gasteiger partial charge in [-0.25, -0.2) is 0 Å². The van der Waals surface area contributed by atoms with Gasteiger partial charge in [0.05, 0.1) is 5.02 Å². The van der Waals surface area contributed by atoms with Crippen molar-refractivity contribution < 1.29 is 9.32 Å². The van der Waals surface area contributed by atoms with Gasteiger partial charge in [0.25, 0.3) is 5.91 Å². The first-order valence-corrected chi connectivity index (χ1v) is 10.8. The van der Waals surface area contributed by atoms with Crippen LogP contribution < -0.4 is 0 Å². The van der Waals surface area contributed by atoms with E-state index in [-0.39, 0.29) is 11.6 Å². The molecular formula is C21H17Cl4N3O2. The molecular weight excluding hydrogens is 468 g/mol. The largest absolute Gasteiger partial charge is 0.355 e. The van der Waals surface area contributed by atoms with Crippen LogP contribution in [0.1, 0.15) is 16.1 Å². The quantitative estimate of drug-likeness (QED) is 0.461. The standard InChI is InChI=1S/C21H17Cl4N3O2/c22-14-2-1-13(17(24)9-14)12-27-5-7-28(8-6-27)21(29)19-11-20(30-26-19)16-4-3-15(23)10-18(16)25/h1-4,9-11H,5-8,12H2. The number of rotatable bonds is 4. The van der Waals surface area contributed by atoms with Gasteiger partial charge in [-0.15, -0.1) is 0 Å². The van der Waals surface area contributed by atoms with Crippen molar-refractivity contribution in [2.45, 2.75) is 6.54 Å². The smallest absolute Gasteiger partial charge is 0.276 e. The van der Waals surface area contributed by atoms with Gasteiger partial charge in [0, 0.05) is 59.4 Å². The van der Waals surface area contributed by atoms with E-state index in [0.29, 0.717) is 51.0 Å². The van der Waals surface area contributed by atoms with Crippen molar-refractivity contribution in [3.8, 4) is 11.3 Å². The lowest BCUT2D eigenvalue weighted by Gasteiger charge is -2.34. The molecule has 2 aromatic carbocycles. The predicted octanol–water partition coefficient (Wildman–Crippen LogP) is 5.91. The molecule has 1 fully saturated rings. The van der Waals surface area contributed by atoms with Crippen LogP contribution >= 0.6 is 46.4 Å². The summed E-state index contributed by atoms with van der Waals surface area (Å²) in [6.45, 7) is 3.36. The van der Waals surface area contributed by atoms with Gasteiger partial charge in [-0.2, -0.15) is 0 Å². The normalized spacial score (nSPS) is 14.9. The molecule has 0 unspecified atom stereocenters. The summed E-state index contributed by atoms with van der Waals surface area (Å²) in [5, 5.41) is 6.17. The molecule has 2 heterocycles. The van der Waals surface area contributed by atoms with Gasteiger partial charge in [0.2, 0.25) is 0 Å². The molecule has 0 bridgehead atoms. The first-order valence-electron chi connectivity index (χ1n) is 9.28. The maximum absolute atomic E-state index is 12.8. The number of piperazine rings is 1. The number of halogens is 4. The van der Waals surface area contributed by atoms with Gasteiger partial charge in [-0.1, -0.05) is 57.6 Å². The Morgan fingerprint density at radius 3 is 2.23 bits per heavy atom. The molecule has 0 aliphatic carbocycles. The molecule has 5 nitrogen and oxygen atoms in total. The Labute approximate surface area is 194 Å². The average Bonchev–Trinajstić information content (AvgIpc) is 3.20. The van der Waals surface area contributed by atoms with Crippen molar-refractivity contribution in [1.82, 2.24) is 15.0 Å². The fourth-order valence-electron chi connectivity index (χ4n) is 3.35. The van der Waals surface area contributed by atoms with Crippen LogP contribution in [0, 0.1) is 0 Å². The summed E-state index contributed by atoms with van der Waals surface area (Å²) in [6, 6.07) is 12.2. The fraction of sp³-hybridized carbons (Fsp3) is 0.238. The molecule has 0 radical (unpaired) electrons. The molecule has 0 N–H and O–H groups in total. The van der Waals surface area contributed by atoms with Crippen molar-refractivity contribution in [3.05, 3.63) is 73.8 Å². The van der Waals surface area contributed by atoms with E-state index >= 15 is 0 Å². The highest BCUT2D eigenvalue weighted by atomic mass is 35.5. The fourth-order valence-corrected chi connectivity index (χ4v) is 4.32. The lowest BCUT2D eigenvalue weighted by atomic mass is 10.1. The van der Waals surface area contributed by atoms with Crippen LogP contribution in [0.5, 0.6) is 0 Å². The van der Waals surface area contributed by atoms with Crippen molar-refractivity contribution >= 4 is 52.3 Å². The number of amides is 1. The number of hydrogen-bond acceptors (Lipinski definition) is 4. The van der Waals surface area contributed by atoms with Crippen LogP contribution in [0.25, 0.3) is 11.3 Å². The Hall–Kier alpha value is -1.76. The predicted molar refractivity (Wildman–Crippen MR) is 120 cm³/mol. The first-order chi connectivity index (χ1) is 14.4. The second-order valence-electron chi connectivity index (χ2n) is 7.00. The van der Waals surface area contributed by atoms with Gasteiger partial charge in [-0.05, 0) is 35.9 Å². The number of benzene rings is 2. The van der Waals surface area contributed by atoms with Crippen LogP contribution in [0.3, 0.4) is 0 Å². The highest BCUT2D eigenvalue weighted by Gasteiger charge is 2.25. The molecule has 4 rings (SSSR count). The van der Waals surface area contributed by atoms with Crippen LogP contribution in [-0.4, -0.2) is 47.0 Å². The molecule has 0 saturated carbocycles. The lowest BCUT2D eigenvalue weighted by Crippen LogP contribution is -2.48. The van der Waals surface area contributed by atoms with Crippen molar-refractivity contribution in [3.63, 3.8) is 0 Å². The van der Waals surface area contributed by atoms with Crippen molar-refractivity contribution in [2.24, 2.45) is 0 Å². The summed E-state index contributed by atoms with van der Waals surface area (Å²) in [4.78, 5) is 16.9. The summed E-state index contributed by atoms with van der Waals surface area (Å²) < 4.78 is 5.35. The molecule has 1 aromatic heterocycles. The Kier molecular flexibility index (Phi) is 6.56. The van der Waals surface area contributed by atoms with Gasteiger partial charge >= 0.3 is 0 Å². The van der Waals surface area contributed by atoms with E-state index < -0.39 is 0 Å². The second kappa shape index (κ2) is 9.16. The van der Waals surface area contributed by atoms with Crippen LogP contribution in [-0.2, 0) is 6.54 Å². The Morgan fingerprint density at radius 1 is 0.900 bits per heavy atom. The second-order valence-corrected chi connectivity index (χ2v) is 8.69. The molecule has 30 heavy (non-hydrogen) atoms. The SMILES string of the molecule is O=C(c1cc(-c2ccc(Cl)cc2Cl)on1)N1CCN(Cc2ccc(Cl)cc2Cl)CC1. The maximum atomic E-state index is 12.8. The Balaban J connectivity index is 1.38. The molecule has 1 amide bonds. The molecule has 1 aliphatic heterocycles. The van der Waals surface area contributed by atoms with Gasteiger partial charge in [0.15, 0.2) is 11.5 Å². The molecule has 0 spiro atoms. The summed E-state index contributed by atoms with van der Waals surface area (Å²) >= 11 is 24.4. The van der Waals surface area contributed by atoms with Gasteiger partial charge < -0.3 is 9.42 Å². The minimum absolute atomic E-state index is 0.167. The number of carbonyl (C=O) groups excluding carboxylic acids is 1. The Morgan fingerprint density at radius 2 is 1.57 bits per heavy atom. The zero-order chi connectivity index (χ0) is 21.3. The third-order valence-corrected chi connectivity index (χ3v) is 6.13. The van der Waals surface area contributed by atoms with E-state index in [2.05, 4.69) is 10.1 Å². The van der Waals surface area contributed by atoms with Crippen LogP contribution in [0.4, 0.5) is 0 Å². The minimum Gasteiger partial charge on any atom is -0.355 e. The molecule has 3 aromatic rings. The number of carbonyl (C=O) groups is 1. The Bertz CT molecular complexity index is 1080. The molecule has 0 atom stereocenters. The lowest BCUT2D eigenvalue weighted by molar-refractivity contribution is 0.0618. The molecule has 1 aliphatic rings. The van der Waals surface area contributed by atoms with E-state index in [4.69, 9.17) is 50.9 Å². The monoisotopic (exact) mass is 483 g/mol. The number of nitrogens with zero attached hydrogens (tertiary/aromatic N) is 3. The average molecular weight is 485 g/mol. The van der Waals surface area contributed by atoms with E-state index in [9.17, 15) is 4.79 Å². The maximum Gasteiger partial charge on any atom is 0.276 e. The van der Waals surface area contributed by atoms with Crippen LogP contribution in [0.15, 0.2) is 47.0 Å². The van der Waals surface area contributed by atoms with Gasteiger partial charge in [-0.3, -0.25) is 9.69 Å². The van der Waals surface area contributed by atoms with E-state index in [1.54, 1.807) is 35.2 Å². The number of aromatic nitrogens is 1. The summed E-state index contributed by atoms with van der Waals surface area (Å²) in [5.74, 6) is 0.260. The zero-order valence-electron chi connectivity index (χ0n) is 15.7. The third kappa shape index (κ3) is 4.76. The summed E-state index contributed by atoms with van der Waals surface area (Å²) in [5.41, 5.74) is 1.91. The van der Waals surface area contributed by atoms with E-state index in [1.807, 2.05) is 12.1 Å². The summed E-state index contributed by atoms with van der Waals surface area (Å²) in [7, 11) is 0.